The van der Waals surface area contributed by atoms with E-state index in [1.54, 1.807) is 30.0 Å². The summed E-state index contributed by atoms with van der Waals surface area (Å²) in [7, 11) is 0. The first kappa shape index (κ1) is 18.5. The normalized spacial score (nSPS) is 10.9. The summed E-state index contributed by atoms with van der Waals surface area (Å²) in [6, 6.07) is 27.2. The first-order chi connectivity index (χ1) is 13.1. The van der Waals surface area contributed by atoms with Crippen molar-refractivity contribution in [3.8, 4) is 6.07 Å². The molecule has 0 bridgehead atoms. The maximum Gasteiger partial charge on any atom is 0.266 e. The zero-order valence-corrected chi connectivity index (χ0v) is 15.7. The molecule has 3 aromatic carbocycles. The van der Waals surface area contributed by atoms with Crippen LogP contribution in [0.5, 0.6) is 0 Å². The van der Waals surface area contributed by atoms with Gasteiger partial charge in [0.2, 0.25) is 0 Å². The van der Waals surface area contributed by atoms with Crippen LogP contribution in [0, 0.1) is 18.3 Å². The third kappa shape index (κ3) is 5.34. The minimum Gasteiger partial charge on any atom is -0.321 e. The Morgan fingerprint density at radius 1 is 0.926 bits per heavy atom. The molecule has 0 radical (unpaired) electrons. The van der Waals surface area contributed by atoms with E-state index in [1.807, 2.05) is 48.5 Å². The van der Waals surface area contributed by atoms with Crippen LogP contribution < -0.4 is 5.32 Å². The lowest BCUT2D eigenvalue weighted by atomic mass is 10.1. The van der Waals surface area contributed by atoms with E-state index in [2.05, 4.69) is 36.5 Å². The van der Waals surface area contributed by atoms with Crippen molar-refractivity contribution in [2.45, 2.75) is 16.7 Å². The molecule has 3 rings (SSSR count). The maximum absolute atomic E-state index is 12.3. The molecule has 0 spiro atoms. The number of carbonyl (C=O) groups excluding carboxylic acids is 1. The Labute approximate surface area is 163 Å². The third-order valence-electron chi connectivity index (χ3n) is 3.84. The molecule has 0 aliphatic heterocycles. The average molecular weight is 370 g/mol. The van der Waals surface area contributed by atoms with Gasteiger partial charge in [-0.25, -0.2) is 0 Å². The highest BCUT2D eigenvalue weighted by Gasteiger charge is 2.09. The van der Waals surface area contributed by atoms with Crippen LogP contribution in [0.15, 0.2) is 94.2 Å². The fourth-order valence-corrected chi connectivity index (χ4v) is 3.23. The first-order valence-electron chi connectivity index (χ1n) is 8.47. The first-order valence-corrected chi connectivity index (χ1v) is 9.28. The summed E-state index contributed by atoms with van der Waals surface area (Å²) < 4.78 is 0. The van der Waals surface area contributed by atoms with Crippen molar-refractivity contribution >= 4 is 29.4 Å². The molecule has 3 nitrogen and oxygen atoms in total. The number of para-hydroxylation sites is 1. The van der Waals surface area contributed by atoms with E-state index in [1.165, 1.54) is 10.5 Å². The van der Waals surface area contributed by atoms with Crippen LogP contribution in [-0.4, -0.2) is 5.91 Å². The predicted octanol–water partition coefficient (Wildman–Crippen LogP) is 5.69. The largest absolute Gasteiger partial charge is 0.321 e. The van der Waals surface area contributed by atoms with Gasteiger partial charge in [-0.3, -0.25) is 4.79 Å². The quantitative estimate of drug-likeness (QED) is 0.463. The van der Waals surface area contributed by atoms with Crippen molar-refractivity contribution in [1.82, 2.24) is 0 Å². The Morgan fingerprint density at radius 3 is 2.11 bits per heavy atom. The summed E-state index contributed by atoms with van der Waals surface area (Å²) in [5, 5.41) is 12.1. The number of rotatable bonds is 5. The SMILES string of the molecule is Cc1ccc(Sc2ccc(/C=C(/C#N)C(=O)Nc3ccccc3)cc2)cc1. The van der Waals surface area contributed by atoms with Crippen molar-refractivity contribution in [3.05, 3.63) is 95.6 Å². The maximum atomic E-state index is 12.3. The number of anilines is 1. The lowest BCUT2D eigenvalue weighted by Crippen LogP contribution is -2.13. The van der Waals surface area contributed by atoms with Crippen LogP contribution >= 0.6 is 11.8 Å². The summed E-state index contributed by atoms with van der Waals surface area (Å²) in [5.41, 5.74) is 2.77. The van der Waals surface area contributed by atoms with Crippen molar-refractivity contribution < 1.29 is 4.79 Å². The molecule has 0 aliphatic rings. The molecule has 3 aromatic rings. The monoisotopic (exact) mass is 370 g/mol. The number of nitriles is 1. The Balaban J connectivity index is 1.70. The lowest BCUT2D eigenvalue weighted by molar-refractivity contribution is -0.112. The molecule has 0 aliphatic carbocycles. The van der Waals surface area contributed by atoms with Gasteiger partial charge in [-0.1, -0.05) is 59.8 Å². The van der Waals surface area contributed by atoms with Gasteiger partial charge in [-0.2, -0.15) is 5.26 Å². The smallest absolute Gasteiger partial charge is 0.266 e. The fraction of sp³-hybridized carbons (Fsp3) is 0.0435. The van der Waals surface area contributed by atoms with Gasteiger partial charge in [0, 0.05) is 15.5 Å². The van der Waals surface area contributed by atoms with Crippen LogP contribution in [0.4, 0.5) is 5.69 Å². The van der Waals surface area contributed by atoms with Crippen molar-refractivity contribution in [1.29, 1.82) is 5.26 Å². The van der Waals surface area contributed by atoms with Crippen molar-refractivity contribution in [2.75, 3.05) is 5.32 Å². The van der Waals surface area contributed by atoms with Crippen LogP contribution in [0.1, 0.15) is 11.1 Å². The number of aryl methyl sites for hydroxylation is 1. The highest BCUT2D eigenvalue weighted by atomic mass is 32.2. The van der Waals surface area contributed by atoms with Gasteiger partial charge >= 0.3 is 0 Å². The van der Waals surface area contributed by atoms with Crippen LogP contribution in [-0.2, 0) is 4.79 Å². The van der Waals surface area contributed by atoms with Gasteiger partial charge in [0.1, 0.15) is 11.6 Å². The number of amides is 1. The Bertz CT molecular complexity index is 985. The van der Waals surface area contributed by atoms with Gasteiger partial charge in [-0.15, -0.1) is 0 Å². The molecule has 4 heteroatoms. The standard InChI is InChI=1S/C23H18N2OS/c1-17-7-11-21(12-8-17)27-22-13-9-18(10-14-22)15-19(16-24)23(26)25-20-5-3-2-4-6-20/h2-15H,1H3,(H,25,26)/b19-15-. The summed E-state index contributed by atoms with van der Waals surface area (Å²) in [4.78, 5) is 14.5. The average Bonchev–Trinajstić information content (AvgIpc) is 2.70. The molecule has 27 heavy (non-hydrogen) atoms. The minimum atomic E-state index is -0.415. The summed E-state index contributed by atoms with van der Waals surface area (Å²) in [5.74, 6) is -0.415. The minimum absolute atomic E-state index is 0.0674. The van der Waals surface area contributed by atoms with Gasteiger partial charge in [0.05, 0.1) is 0 Å². The fourth-order valence-electron chi connectivity index (χ4n) is 2.41. The zero-order valence-electron chi connectivity index (χ0n) is 14.8. The van der Waals surface area contributed by atoms with E-state index in [0.29, 0.717) is 5.69 Å². The molecule has 0 heterocycles. The summed E-state index contributed by atoms with van der Waals surface area (Å²) in [6.07, 6.45) is 1.60. The number of nitrogens with zero attached hydrogens (tertiary/aromatic N) is 1. The van der Waals surface area contributed by atoms with E-state index in [0.717, 1.165) is 10.5 Å². The third-order valence-corrected chi connectivity index (χ3v) is 4.86. The van der Waals surface area contributed by atoms with E-state index in [4.69, 9.17) is 0 Å². The van der Waals surface area contributed by atoms with Crippen molar-refractivity contribution in [2.24, 2.45) is 0 Å². The Hall–Kier alpha value is -3.29. The predicted molar refractivity (Wildman–Crippen MR) is 110 cm³/mol. The van der Waals surface area contributed by atoms with Gasteiger partial charge in [0.25, 0.3) is 5.91 Å². The lowest BCUT2D eigenvalue weighted by Gasteiger charge is -2.05. The van der Waals surface area contributed by atoms with Gasteiger partial charge in [-0.05, 0) is 55.0 Å². The molecular weight excluding hydrogens is 352 g/mol. The van der Waals surface area contributed by atoms with Crippen LogP contribution in [0.25, 0.3) is 6.08 Å². The number of benzene rings is 3. The van der Waals surface area contributed by atoms with Gasteiger partial charge < -0.3 is 5.32 Å². The second-order valence-electron chi connectivity index (χ2n) is 5.97. The molecule has 0 aromatic heterocycles. The van der Waals surface area contributed by atoms with Gasteiger partial charge in [0.15, 0.2) is 0 Å². The summed E-state index contributed by atoms with van der Waals surface area (Å²) >= 11 is 1.67. The highest BCUT2D eigenvalue weighted by molar-refractivity contribution is 7.99. The van der Waals surface area contributed by atoms with Crippen molar-refractivity contribution in [3.63, 3.8) is 0 Å². The molecule has 1 N–H and O–H groups in total. The topological polar surface area (TPSA) is 52.9 Å². The molecule has 0 fully saturated rings. The Kier molecular flexibility index (Phi) is 6.09. The number of hydrogen-bond acceptors (Lipinski definition) is 3. The van der Waals surface area contributed by atoms with E-state index in [9.17, 15) is 10.1 Å². The number of nitrogens with one attached hydrogen (secondary N) is 1. The molecule has 132 valence electrons. The zero-order chi connectivity index (χ0) is 19.1. The summed E-state index contributed by atoms with van der Waals surface area (Å²) in [6.45, 7) is 2.07. The Morgan fingerprint density at radius 2 is 1.52 bits per heavy atom. The highest BCUT2D eigenvalue weighted by Crippen LogP contribution is 2.28. The molecule has 1 amide bonds. The molecule has 0 saturated heterocycles. The number of carbonyl (C=O) groups is 1. The molecule has 0 atom stereocenters. The second kappa shape index (κ2) is 8.88. The second-order valence-corrected chi connectivity index (χ2v) is 7.12. The molecule has 0 saturated carbocycles. The van der Waals surface area contributed by atoms with E-state index >= 15 is 0 Å². The van der Waals surface area contributed by atoms with Crippen LogP contribution in [0.2, 0.25) is 0 Å². The number of hydrogen-bond donors (Lipinski definition) is 1. The van der Waals surface area contributed by atoms with Crippen LogP contribution in [0.3, 0.4) is 0 Å². The van der Waals surface area contributed by atoms with E-state index in [-0.39, 0.29) is 5.57 Å². The molecule has 0 unspecified atom stereocenters. The molecular formula is C23H18N2OS. The van der Waals surface area contributed by atoms with E-state index < -0.39 is 5.91 Å².